The van der Waals surface area contributed by atoms with Gasteiger partial charge >= 0.3 is 6.18 Å². The van der Waals surface area contributed by atoms with Gasteiger partial charge < -0.3 is 5.73 Å². The van der Waals surface area contributed by atoms with E-state index in [2.05, 4.69) is 0 Å². The Morgan fingerprint density at radius 1 is 1.05 bits per heavy atom. The molecule has 0 unspecified atom stereocenters. The number of alkyl halides is 3. The van der Waals surface area contributed by atoms with E-state index in [-0.39, 0.29) is 11.1 Å². The summed E-state index contributed by atoms with van der Waals surface area (Å²) in [6.07, 6.45) is -4.67. The van der Waals surface area contributed by atoms with Crippen LogP contribution in [0.25, 0.3) is 11.1 Å². The van der Waals surface area contributed by atoms with Crippen LogP contribution in [0.5, 0.6) is 0 Å². The molecule has 2 aromatic carbocycles. The predicted octanol–water partition coefficient (Wildman–Crippen LogP) is 4.16. The van der Waals surface area contributed by atoms with Crippen molar-refractivity contribution in [3.8, 4) is 11.1 Å². The van der Waals surface area contributed by atoms with Crippen LogP contribution in [0.4, 0.5) is 18.9 Å². The number of Topliss-reactive ketones (excluding diaryl/α,β-unsaturated/α-hetero) is 1. The molecule has 2 rings (SSSR count). The summed E-state index contributed by atoms with van der Waals surface area (Å²) in [6.45, 7) is 1.11. The van der Waals surface area contributed by atoms with Crippen LogP contribution in [-0.4, -0.2) is 5.78 Å². The largest absolute Gasteiger partial charge is 0.419 e. The second kappa shape index (κ2) is 5.00. The number of carbonyl (C=O) groups excluding carboxylic acids is 1. The van der Waals surface area contributed by atoms with Crippen LogP contribution in [0.3, 0.4) is 0 Å². The maximum Gasteiger partial charge on any atom is 0.419 e. The third-order valence-corrected chi connectivity index (χ3v) is 2.96. The quantitative estimate of drug-likeness (QED) is 0.662. The third-order valence-electron chi connectivity index (χ3n) is 2.96. The van der Waals surface area contributed by atoms with E-state index in [1.807, 2.05) is 0 Å². The lowest BCUT2D eigenvalue weighted by molar-refractivity contribution is -0.137. The molecule has 104 valence electrons. The molecular formula is C15H12F3NO. The average molecular weight is 279 g/mol. The summed E-state index contributed by atoms with van der Waals surface area (Å²) in [5.74, 6) is -0.663. The lowest BCUT2D eigenvalue weighted by Crippen LogP contribution is -2.16. The van der Waals surface area contributed by atoms with Crippen molar-refractivity contribution in [1.29, 1.82) is 0 Å². The number of rotatable bonds is 2. The van der Waals surface area contributed by atoms with Crippen LogP contribution in [-0.2, 0) is 6.18 Å². The summed E-state index contributed by atoms with van der Waals surface area (Å²) < 4.78 is 39.4. The van der Waals surface area contributed by atoms with E-state index in [0.29, 0.717) is 5.56 Å². The summed E-state index contributed by atoms with van der Waals surface area (Å²) in [5, 5.41) is 0. The fraction of sp³-hybridized carbons (Fsp3) is 0.133. The minimum Gasteiger partial charge on any atom is -0.398 e. The monoisotopic (exact) mass is 279 g/mol. The molecule has 0 heterocycles. The second-order valence-electron chi connectivity index (χ2n) is 4.37. The van der Waals surface area contributed by atoms with Crippen LogP contribution < -0.4 is 5.73 Å². The number of carbonyl (C=O) groups is 1. The maximum absolute atomic E-state index is 13.1. The van der Waals surface area contributed by atoms with Gasteiger partial charge in [0.1, 0.15) is 0 Å². The number of hydrogen-bond acceptors (Lipinski definition) is 2. The predicted molar refractivity (Wildman–Crippen MR) is 71.3 cm³/mol. The summed E-state index contributed by atoms with van der Waals surface area (Å²) in [4.78, 5) is 11.7. The van der Waals surface area contributed by atoms with Gasteiger partial charge in [-0.25, -0.2) is 0 Å². The average Bonchev–Trinajstić information content (AvgIpc) is 2.37. The Morgan fingerprint density at radius 2 is 1.65 bits per heavy atom. The number of anilines is 1. The van der Waals surface area contributed by atoms with Gasteiger partial charge in [0.05, 0.1) is 5.56 Å². The molecule has 0 saturated carbocycles. The Bertz CT molecular complexity index is 648. The van der Waals surface area contributed by atoms with E-state index in [9.17, 15) is 18.0 Å². The SMILES string of the molecule is CC(=O)c1c(-c2ccccc2)ccc(N)c1C(F)(F)F. The molecule has 0 aliphatic carbocycles. The molecule has 0 fully saturated rings. The molecule has 2 nitrogen and oxygen atoms in total. The van der Waals surface area contributed by atoms with Crippen molar-refractivity contribution in [2.75, 3.05) is 5.73 Å². The number of halogens is 3. The standard InChI is InChI=1S/C15H12F3NO/c1-9(20)13-11(10-5-3-2-4-6-10)7-8-12(19)14(13)15(16,17)18/h2-8H,19H2,1H3. The highest BCUT2D eigenvalue weighted by Gasteiger charge is 2.38. The zero-order chi connectivity index (χ0) is 14.9. The van der Waals surface area contributed by atoms with Crippen molar-refractivity contribution in [3.05, 3.63) is 53.6 Å². The number of hydrogen-bond donors (Lipinski definition) is 1. The normalized spacial score (nSPS) is 11.4. The number of ketones is 1. The van der Waals surface area contributed by atoms with E-state index >= 15 is 0 Å². The van der Waals surface area contributed by atoms with E-state index in [4.69, 9.17) is 5.73 Å². The van der Waals surface area contributed by atoms with Crippen LogP contribution in [0, 0.1) is 0 Å². The van der Waals surface area contributed by atoms with Gasteiger partial charge in [0, 0.05) is 11.3 Å². The fourth-order valence-corrected chi connectivity index (χ4v) is 2.15. The van der Waals surface area contributed by atoms with Gasteiger partial charge in [0.2, 0.25) is 0 Å². The zero-order valence-corrected chi connectivity index (χ0v) is 10.7. The van der Waals surface area contributed by atoms with Crippen LogP contribution in [0.1, 0.15) is 22.8 Å². The van der Waals surface area contributed by atoms with Crippen molar-refractivity contribution in [2.24, 2.45) is 0 Å². The smallest absolute Gasteiger partial charge is 0.398 e. The number of benzene rings is 2. The zero-order valence-electron chi connectivity index (χ0n) is 10.7. The minimum absolute atomic E-state index is 0.236. The Morgan fingerprint density at radius 3 is 2.15 bits per heavy atom. The van der Waals surface area contributed by atoms with Gasteiger partial charge in [-0.1, -0.05) is 36.4 Å². The Labute approximate surface area is 114 Å². The molecule has 20 heavy (non-hydrogen) atoms. The van der Waals surface area contributed by atoms with Crippen molar-refractivity contribution in [3.63, 3.8) is 0 Å². The first-order valence-electron chi connectivity index (χ1n) is 5.88. The molecule has 0 radical (unpaired) electrons. The molecule has 5 heteroatoms. The van der Waals surface area contributed by atoms with Gasteiger partial charge in [-0.3, -0.25) is 4.79 Å². The molecule has 0 spiro atoms. The van der Waals surface area contributed by atoms with Gasteiger partial charge in [-0.2, -0.15) is 13.2 Å². The van der Waals surface area contributed by atoms with Crippen molar-refractivity contribution < 1.29 is 18.0 Å². The van der Waals surface area contributed by atoms with Gasteiger partial charge in [0.25, 0.3) is 0 Å². The molecule has 0 aromatic heterocycles. The Kier molecular flexibility index (Phi) is 3.53. The molecule has 0 bridgehead atoms. The molecule has 0 aliphatic heterocycles. The number of nitrogen functional groups attached to an aromatic ring is 1. The lowest BCUT2D eigenvalue weighted by Gasteiger charge is -2.17. The van der Waals surface area contributed by atoms with E-state index in [0.717, 1.165) is 6.92 Å². The molecule has 0 amide bonds. The first kappa shape index (κ1) is 14.1. The molecule has 2 aromatic rings. The topological polar surface area (TPSA) is 43.1 Å². The molecule has 0 aliphatic rings. The van der Waals surface area contributed by atoms with Gasteiger partial charge in [-0.05, 0) is 24.1 Å². The minimum atomic E-state index is -4.67. The highest BCUT2D eigenvalue weighted by atomic mass is 19.4. The van der Waals surface area contributed by atoms with Crippen molar-refractivity contribution in [1.82, 2.24) is 0 Å². The van der Waals surface area contributed by atoms with Gasteiger partial charge in [-0.15, -0.1) is 0 Å². The van der Waals surface area contributed by atoms with Crippen molar-refractivity contribution in [2.45, 2.75) is 13.1 Å². The Balaban J connectivity index is 2.81. The number of nitrogens with two attached hydrogens (primary N) is 1. The highest BCUT2D eigenvalue weighted by Crippen LogP contribution is 2.40. The first-order chi connectivity index (χ1) is 9.32. The molecule has 0 saturated heterocycles. The Hall–Kier alpha value is -2.30. The first-order valence-corrected chi connectivity index (χ1v) is 5.88. The summed E-state index contributed by atoms with van der Waals surface area (Å²) in [7, 11) is 0. The maximum atomic E-state index is 13.1. The summed E-state index contributed by atoms with van der Waals surface area (Å²) in [6, 6.07) is 11.1. The van der Waals surface area contributed by atoms with E-state index in [1.54, 1.807) is 30.3 Å². The second-order valence-corrected chi connectivity index (χ2v) is 4.37. The van der Waals surface area contributed by atoms with Crippen LogP contribution in [0.2, 0.25) is 0 Å². The summed E-state index contributed by atoms with van der Waals surface area (Å²) in [5.41, 5.74) is 4.31. The van der Waals surface area contributed by atoms with Gasteiger partial charge in [0.15, 0.2) is 5.78 Å². The lowest BCUT2D eigenvalue weighted by atomic mass is 9.91. The third kappa shape index (κ3) is 2.52. The summed E-state index contributed by atoms with van der Waals surface area (Å²) >= 11 is 0. The van der Waals surface area contributed by atoms with Crippen LogP contribution in [0.15, 0.2) is 42.5 Å². The van der Waals surface area contributed by atoms with E-state index < -0.39 is 23.2 Å². The molecular weight excluding hydrogens is 267 g/mol. The van der Waals surface area contributed by atoms with Crippen LogP contribution >= 0.6 is 0 Å². The highest BCUT2D eigenvalue weighted by molar-refractivity contribution is 6.03. The fourth-order valence-electron chi connectivity index (χ4n) is 2.15. The molecule has 0 atom stereocenters. The molecule has 2 N–H and O–H groups in total. The van der Waals surface area contributed by atoms with Crippen molar-refractivity contribution >= 4 is 11.5 Å². The van der Waals surface area contributed by atoms with E-state index in [1.165, 1.54) is 12.1 Å².